The van der Waals surface area contributed by atoms with Crippen molar-refractivity contribution < 1.29 is 15.2 Å². The second kappa shape index (κ2) is 3.49. The van der Waals surface area contributed by atoms with E-state index in [0.29, 0.717) is 0 Å². The summed E-state index contributed by atoms with van der Waals surface area (Å²) in [5.74, 6) is -0.427. The molecule has 0 aromatic carbocycles. The van der Waals surface area contributed by atoms with Gasteiger partial charge in [0.15, 0.2) is 0 Å². The number of piperazine rings is 1. The first kappa shape index (κ1) is 9.89. The van der Waals surface area contributed by atoms with Crippen LogP contribution in [0.1, 0.15) is 32.1 Å². The zero-order valence-corrected chi connectivity index (χ0v) is 8.15. The summed E-state index contributed by atoms with van der Waals surface area (Å²) >= 11 is 0. The molecule has 1 aliphatic heterocycles. The average molecular weight is 200 g/mol. The highest BCUT2D eigenvalue weighted by Gasteiger charge is 2.44. The molecule has 2 N–H and O–H groups in total. The Labute approximate surface area is 82.8 Å². The van der Waals surface area contributed by atoms with Crippen LogP contribution in [0, 0.1) is 0 Å². The van der Waals surface area contributed by atoms with E-state index in [-0.39, 0.29) is 18.6 Å². The number of carbonyl (C=O) groups excluding carboxylic acids is 1. The summed E-state index contributed by atoms with van der Waals surface area (Å²) in [6.07, 6.45) is 4.99. The van der Waals surface area contributed by atoms with Crippen molar-refractivity contribution in [2.45, 2.75) is 37.6 Å². The maximum absolute atomic E-state index is 11.1. The molecule has 2 fully saturated rings. The van der Waals surface area contributed by atoms with E-state index in [9.17, 15) is 15.2 Å². The van der Waals surface area contributed by atoms with Gasteiger partial charge in [-0.2, -0.15) is 5.06 Å². The molecule has 14 heavy (non-hydrogen) atoms. The van der Waals surface area contributed by atoms with Crippen molar-refractivity contribution in [1.29, 1.82) is 0 Å². The number of amides is 1. The molecule has 1 spiro atoms. The topological polar surface area (TPSA) is 64.0 Å². The molecular formula is C9H16N2O3. The summed E-state index contributed by atoms with van der Waals surface area (Å²) in [6, 6.07) is 0. The molecule has 1 saturated carbocycles. The Morgan fingerprint density at radius 3 is 2.43 bits per heavy atom. The summed E-state index contributed by atoms with van der Waals surface area (Å²) in [5, 5.41) is 21.0. The van der Waals surface area contributed by atoms with E-state index in [1.165, 1.54) is 6.42 Å². The fourth-order valence-corrected chi connectivity index (χ4v) is 2.45. The van der Waals surface area contributed by atoms with Crippen LogP contribution in [-0.4, -0.2) is 45.1 Å². The Kier molecular flexibility index (Phi) is 2.47. The number of rotatable bonds is 0. The van der Waals surface area contributed by atoms with E-state index in [1.54, 1.807) is 0 Å². The van der Waals surface area contributed by atoms with Gasteiger partial charge in [0, 0.05) is 0 Å². The normalized spacial score (nSPS) is 28.4. The predicted molar refractivity (Wildman–Crippen MR) is 47.8 cm³/mol. The van der Waals surface area contributed by atoms with E-state index < -0.39 is 5.91 Å². The van der Waals surface area contributed by atoms with Gasteiger partial charge in [-0.15, -0.1) is 0 Å². The molecule has 2 aliphatic rings. The molecule has 1 saturated heterocycles. The lowest BCUT2D eigenvalue weighted by molar-refractivity contribution is -0.249. The molecule has 0 aromatic rings. The largest absolute Gasteiger partial charge is 0.313 e. The van der Waals surface area contributed by atoms with E-state index >= 15 is 0 Å². The SMILES string of the molecule is O=C1CN(O)C2(CCCCC2)CN1O. The van der Waals surface area contributed by atoms with Crippen molar-refractivity contribution in [3.63, 3.8) is 0 Å². The Bertz CT molecular complexity index is 238. The van der Waals surface area contributed by atoms with Gasteiger partial charge in [-0.05, 0) is 12.8 Å². The number of hydroxylamine groups is 4. The van der Waals surface area contributed by atoms with E-state index in [2.05, 4.69) is 0 Å². The zero-order chi connectivity index (χ0) is 10.2. The summed E-state index contributed by atoms with van der Waals surface area (Å²) in [7, 11) is 0. The molecule has 5 heteroatoms. The lowest BCUT2D eigenvalue weighted by Gasteiger charge is -2.47. The summed E-state index contributed by atoms with van der Waals surface area (Å²) < 4.78 is 0. The second-order valence-corrected chi connectivity index (χ2v) is 4.29. The van der Waals surface area contributed by atoms with Crippen LogP contribution in [-0.2, 0) is 4.79 Å². The molecule has 5 nitrogen and oxygen atoms in total. The predicted octanol–water partition coefficient (Wildman–Crippen LogP) is 0.612. The molecule has 80 valence electrons. The maximum atomic E-state index is 11.1. The molecule has 0 unspecified atom stereocenters. The van der Waals surface area contributed by atoms with E-state index in [1.807, 2.05) is 0 Å². The third-order valence-electron chi connectivity index (χ3n) is 3.35. The minimum absolute atomic E-state index is 0.0868. The zero-order valence-electron chi connectivity index (χ0n) is 8.15. The van der Waals surface area contributed by atoms with Crippen LogP contribution in [0.5, 0.6) is 0 Å². The molecule has 0 bridgehead atoms. The third kappa shape index (κ3) is 1.51. The quantitative estimate of drug-likeness (QED) is 0.562. The monoisotopic (exact) mass is 200 g/mol. The van der Waals surface area contributed by atoms with Crippen LogP contribution in [0.3, 0.4) is 0 Å². The first-order chi connectivity index (χ1) is 6.64. The number of carbonyl (C=O) groups is 1. The van der Waals surface area contributed by atoms with Gasteiger partial charge in [0.1, 0.15) is 6.54 Å². The van der Waals surface area contributed by atoms with Crippen molar-refractivity contribution >= 4 is 5.91 Å². The van der Waals surface area contributed by atoms with Gasteiger partial charge in [-0.3, -0.25) is 10.0 Å². The fourth-order valence-electron chi connectivity index (χ4n) is 2.45. The van der Waals surface area contributed by atoms with Crippen LogP contribution < -0.4 is 0 Å². The Balaban J connectivity index is 2.13. The van der Waals surface area contributed by atoms with Gasteiger partial charge in [-0.25, -0.2) is 5.06 Å². The highest BCUT2D eigenvalue weighted by molar-refractivity contribution is 5.78. The minimum Gasteiger partial charge on any atom is -0.313 e. The number of nitrogens with zero attached hydrogens (tertiary/aromatic N) is 2. The highest BCUT2D eigenvalue weighted by atomic mass is 16.5. The van der Waals surface area contributed by atoms with Crippen LogP contribution in [0.2, 0.25) is 0 Å². The molecule has 0 radical (unpaired) electrons. The Hall–Kier alpha value is -0.650. The van der Waals surface area contributed by atoms with E-state index in [4.69, 9.17) is 0 Å². The Morgan fingerprint density at radius 1 is 1.14 bits per heavy atom. The van der Waals surface area contributed by atoms with Crippen molar-refractivity contribution in [1.82, 2.24) is 10.1 Å². The van der Waals surface area contributed by atoms with Crippen molar-refractivity contribution in [3.8, 4) is 0 Å². The molecule has 0 aromatic heterocycles. The van der Waals surface area contributed by atoms with Crippen LogP contribution in [0.25, 0.3) is 0 Å². The number of hydrogen-bond donors (Lipinski definition) is 2. The minimum atomic E-state index is -0.427. The summed E-state index contributed by atoms with van der Waals surface area (Å²) in [4.78, 5) is 11.1. The van der Waals surface area contributed by atoms with Crippen LogP contribution >= 0.6 is 0 Å². The standard InChI is InChI=1S/C9H16N2O3/c12-8-6-11(14)9(7-10(8)13)4-2-1-3-5-9/h13-14H,1-7H2. The third-order valence-corrected chi connectivity index (χ3v) is 3.35. The summed E-state index contributed by atoms with van der Waals surface area (Å²) in [6.45, 7) is 0.152. The van der Waals surface area contributed by atoms with Gasteiger partial charge >= 0.3 is 0 Å². The first-order valence-electron chi connectivity index (χ1n) is 5.10. The molecule has 0 atom stereocenters. The van der Waals surface area contributed by atoms with Gasteiger partial charge in [0.25, 0.3) is 5.91 Å². The van der Waals surface area contributed by atoms with Gasteiger partial charge in [0.05, 0.1) is 12.1 Å². The Morgan fingerprint density at radius 2 is 1.79 bits per heavy atom. The molecule has 1 amide bonds. The van der Waals surface area contributed by atoms with Crippen molar-refractivity contribution in [2.24, 2.45) is 0 Å². The lowest BCUT2D eigenvalue weighted by Crippen LogP contribution is -2.63. The van der Waals surface area contributed by atoms with Gasteiger partial charge in [0.2, 0.25) is 0 Å². The molecule has 1 aliphatic carbocycles. The highest BCUT2D eigenvalue weighted by Crippen LogP contribution is 2.35. The lowest BCUT2D eigenvalue weighted by atomic mass is 9.80. The van der Waals surface area contributed by atoms with Gasteiger partial charge in [-0.1, -0.05) is 19.3 Å². The second-order valence-electron chi connectivity index (χ2n) is 4.29. The van der Waals surface area contributed by atoms with Crippen molar-refractivity contribution in [3.05, 3.63) is 0 Å². The molecular weight excluding hydrogens is 184 g/mol. The van der Waals surface area contributed by atoms with Crippen LogP contribution in [0.15, 0.2) is 0 Å². The average Bonchev–Trinajstić information content (AvgIpc) is 2.17. The smallest absolute Gasteiger partial charge is 0.262 e. The summed E-state index contributed by atoms with van der Waals surface area (Å²) in [5.41, 5.74) is -0.388. The van der Waals surface area contributed by atoms with E-state index in [0.717, 1.165) is 35.8 Å². The van der Waals surface area contributed by atoms with Gasteiger partial charge < -0.3 is 5.21 Å². The fraction of sp³-hybridized carbons (Fsp3) is 0.889. The molecule has 1 heterocycles. The maximum Gasteiger partial charge on any atom is 0.262 e. The molecule has 2 rings (SSSR count). The van der Waals surface area contributed by atoms with Crippen molar-refractivity contribution in [2.75, 3.05) is 13.1 Å². The number of hydrogen-bond acceptors (Lipinski definition) is 4. The first-order valence-corrected chi connectivity index (χ1v) is 5.10. The van der Waals surface area contributed by atoms with Crippen LogP contribution in [0.4, 0.5) is 0 Å².